The lowest BCUT2D eigenvalue weighted by Crippen LogP contribution is -2.47. The number of nitrogens with one attached hydrogen (secondary N) is 1. The Hall–Kier alpha value is -1.63. The van der Waals surface area contributed by atoms with Crippen molar-refractivity contribution in [2.75, 3.05) is 13.2 Å². The van der Waals surface area contributed by atoms with Crippen LogP contribution in [0.2, 0.25) is 0 Å². The molecular formula is C9H15NO6. The Morgan fingerprint density at radius 3 is 2.19 bits per heavy atom. The molecule has 0 aromatic rings. The van der Waals surface area contributed by atoms with Gasteiger partial charge in [0.1, 0.15) is 0 Å². The van der Waals surface area contributed by atoms with E-state index in [1.54, 1.807) is 13.8 Å². The van der Waals surface area contributed by atoms with Gasteiger partial charge < -0.3 is 10.1 Å². The summed E-state index contributed by atoms with van der Waals surface area (Å²) in [4.78, 5) is 42.0. The summed E-state index contributed by atoms with van der Waals surface area (Å²) in [5, 5.41) is 2.11. The summed E-state index contributed by atoms with van der Waals surface area (Å²) in [6.07, 6.45) is 0. The average molecular weight is 233 g/mol. The molecule has 1 amide bonds. The smallest absolute Gasteiger partial charge is 0.375 e. The van der Waals surface area contributed by atoms with Crippen LogP contribution in [0.5, 0.6) is 0 Å². The van der Waals surface area contributed by atoms with Crippen molar-refractivity contribution in [1.82, 2.24) is 5.32 Å². The first-order valence-corrected chi connectivity index (χ1v) is 4.79. The minimum absolute atomic E-state index is 0.0941. The summed E-state index contributed by atoms with van der Waals surface area (Å²) in [7, 11) is 0. The van der Waals surface area contributed by atoms with Gasteiger partial charge in [-0.15, -0.1) is 0 Å². The van der Waals surface area contributed by atoms with Gasteiger partial charge in [0.2, 0.25) is 11.9 Å². The molecule has 1 atom stereocenters. The van der Waals surface area contributed by atoms with Crippen LogP contribution in [0.15, 0.2) is 0 Å². The van der Waals surface area contributed by atoms with Crippen LogP contribution in [0.3, 0.4) is 0 Å². The molecule has 0 aromatic heterocycles. The highest BCUT2D eigenvalue weighted by molar-refractivity contribution is 6.01. The third-order valence-corrected chi connectivity index (χ3v) is 1.36. The second kappa shape index (κ2) is 7.63. The van der Waals surface area contributed by atoms with E-state index in [-0.39, 0.29) is 13.2 Å². The van der Waals surface area contributed by atoms with Crippen LogP contribution < -0.4 is 5.32 Å². The molecule has 0 bridgehead atoms. The first kappa shape index (κ1) is 14.4. The van der Waals surface area contributed by atoms with E-state index < -0.39 is 23.9 Å². The van der Waals surface area contributed by atoms with E-state index in [2.05, 4.69) is 19.8 Å². The van der Waals surface area contributed by atoms with Gasteiger partial charge in [0, 0.05) is 6.92 Å². The van der Waals surface area contributed by atoms with Gasteiger partial charge in [-0.05, 0) is 13.8 Å². The van der Waals surface area contributed by atoms with Crippen molar-refractivity contribution in [3.8, 4) is 0 Å². The summed E-state index contributed by atoms with van der Waals surface area (Å²) >= 11 is 0. The van der Waals surface area contributed by atoms with Gasteiger partial charge >= 0.3 is 11.9 Å². The zero-order valence-electron chi connectivity index (χ0n) is 9.44. The number of ether oxygens (including phenoxy) is 1. The zero-order chi connectivity index (χ0) is 12.6. The summed E-state index contributed by atoms with van der Waals surface area (Å²) in [5.74, 6) is -2.45. The van der Waals surface area contributed by atoms with E-state index in [0.717, 1.165) is 0 Å². The lowest BCUT2D eigenvalue weighted by molar-refractivity contribution is -0.271. The lowest BCUT2D eigenvalue weighted by Gasteiger charge is -2.13. The fraction of sp³-hybridized carbons (Fsp3) is 0.667. The number of esters is 1. The minimum atomic E-state index is -1.50. The monoisotopic (exact) mass is 233 g/mol. The fourth-order valence-electron chi connectivity index (χ4n) is 0.808. The summed E-state index contributed by atoms with van der Waals surface area (Å²) < 4.78 is 4.60. The Labute approximate surface area is 93.0 Å². The lowest BCUT2D eigenvalue weighted by atomic mass is 10.3. The van der Waals surface area contributed by atoms with Crippen LogP contribution in [0.25, 0.3) is 0 Å². The fourth-order valence-corrected chi connectivity index (χ4v) is 0.808. The molecule has 0 aliphatic carbocycles. The second-order valence-corrected chi connectivity index (χ2v) is 2.69. The third-order valence-electron chi connectivity index (χ3n) is 1.36. The van der Waals surface area contributed by atoms with Crippen molar-refractivity contribution in [2.45, 2.75) is 26.8 Å². The van der Waals surface area contributed by atoms with E-state index >= 15 is 0 Å². The first-order chi connectivity index (χ1) is 7.52. The molecule has 0 aliphatic rings. The summed E-state index contributed by atoms with van der Waals surface area (Å²) in [6.45, 7) is 4.58. The van der Waals surface area contributed by atoms with E-state index in [1.807, 2.05) is 0 Å². The molecule has 0 saturated heterocycles. The molecule has 7 heteroatoms. The van der Waals surface area contributed by atoms with Crippen LogP contribution in [0, 0.1) is 0 Å². The Morgan fingerprint density at radius 2 is 1.75 bits per heavy atom. The second-order valence-electron chi connectivity index (χ2n) is 2.69. The van der Waals surface area contributed by atoms with E-state index in [9.17, 15) is 14.4 Å². The summed E-state index contributed by atoms with van der Waals surface area (Å²) in [5.41, 5.74) is 0. The minimum Gasteiger partial charge on any atom is -0.464 e. The van der Waals surface area contributed by atoms with Crippen molar-refractivity contribution < 1.29 is 28.9 Å². The van der Waals surface area contributed by atoms with Crippen LogP contribution in [0.1, 0.15) is 20.8 Å². The van der Waals surface area contributed by atoms with Crippen molar-refractivity contribution in [3.63, 3.8) is 0 Å². The maximum atomic E-state index is 11.3. The molecule has 0 fully saturated rings. The Bertz CT molecular complexity index is 265. The summed E-state index contributed by atoms with van der Waals surface area (Å²) in [6, 6.07) is -1.50. The normalized spacial score (nSPS) is 11.4. The Balaban J connectivity index is 4.46. The highest BCUT2D eigenvalue weighted by Crippen LogP contribution is 1.95. The number of hydrogen-bond donors (Lipinski definition) is 1. The third kappa shape index (κ3) is 5.30. The van der Waals surface area contributed by atoms with Crippen LogP contribution >= 0.6 is 0 Å². The number of carbonyl (C=O) groups excluding carboxylic acids is 3. The van der Waals surface area contributed by atoms with Crippen molar-refractivity contribution in [2.24, 2.45) is 0 Å². The largest absolute Gasteiger partial charge is 0.464 e. The van der Waals surface area contributed by atoms with Gasteiger partial charge in [-0.1, -0.05) is 0 Å². The standard InChI is InChI=1S/C9H15NO6/c1-4-14-8(12)7(10-6(3)11)9(13)16-15-5-2/h7H,4-5H2,1-3H3,(H,10,11). The molecule has 7 nitrogen and oxygen atoms in total. The van der Waals surface area contributed by atoms with Gasteiger partial charge in [-0.3, -0.25) is 9.68 Å². The quantitative estimate of drug-likeness (QED) is 0.289. The van der Waals surface area contributed by atoms with E-state index in [0.29, 0.717) is 0 Å². The number of hydrogen-bond acceptors (Lipinski definition) is 6. The van der Waals surface area contributed by atoms with E-state index in [1.165, 1.54) is 6.92 Å². The van der Waals surface area contributed by atoms with Crippen LogP contribution in [0.4, 0.5) is 0 Å². The van der Waals surface area contributed by atoms with Crippen molar-refractivity contribution in [1.29, 1.82) is 0 Å². The molecule has 92 valence electrons. The molecule has 0 radical (unpaired) electrons. The van der Waals surface area contributed by atoms with Gasteiger partial charge in [0.05, 0.1) is 13.2 Å². The molecule has 0 aromatic carbocycles. The zero-order valence-corrected chi connectivity index (χ0v) is 9.44. The van der Waals surface area contributed by atoms with Crippen LogP contribution in [-0.2, 0) is 28.9 Å². The molecule has 1 unspecified atom stereocenters. The van der Waals surface area contributed by atoms with Crippen LogP contribution in [-0.4, -0.2) is 37.1 Å². The Morgan fingerprint density at radius 1 is 1.12 bits per heavy atom. The predicted octanol–water partition coefficient (Wildman–Crippen LogP) is -0.451. The first-order valence-electron chi connectivity index (χ1n) is 4.79. The highest BCUT2D eigenvalue weighted by Gasteiger charge is 2.31. The van der Waals surface area contributed by atoms with E-state index in [4.69, 9.17) is 0 Å². The predicted molar refractivity (Wildman–Crippen MR) is 52.0 cm³/mol. The average Bonchev–Trinajstić information content (AvgIpc) is 2.22. The maximum Gasteiger partial charge on any atom is 0.375 e. The molecule has 0 heterocycles. The number of rotatable bonds is 6. The van der Waals surface area contributed by atoms with Gasteiger partial charge in [-0.25, -0.2) is 9.59 Å². The number of carbonyl (C=O) groups is 3. The molecule has 0 aliphatic heterocycles. The van der Waals surface area contributed by atoms with Gasteiger partial charge in [0.25, 0.3) is 0 Å². The van der Waals surface area contributed by atoms with Crippen molar-refractivity contribution in [3.05, 3.63) is 0 Å². The molecule has 0 spiro atoms. The molecule has 0 rings (SSSR count). The topological polar surface area (TPSA) is 90.9 Å². The number of amides is 1. The maximum absolute atomic E-state index is 11.3. The van der Waals surface area contributed by atoms with Crippen molar-refractivity contribution >= 4 is 17.8 Å². The van der Waals surface area contributed by atoms with Gasteiger partial charge in [0.15, 0.2) is 0 Å². The molecule has 0 saturated carbocycles. The molecular weight excluding hydrogens is 218 g/mol. The Kier molecular flexibility index (Phi) is 6.86. The van der Waals surface area contributed by atoms with Gasteiger partial charge in [-0.2, -0.15) is 4.89 Å². The molecule has 16 heavy (non-hydrogen) atoms. The SMILES string of the molecule is CCOOC(=O)C(NC(C)=O)C(=O)OCC. The highest BCUT2D eigenvalue weighted by atomic mass is 17.2. The molecule has 1 N–H and O–H groups in total.